The molecular weight excluding hydrogens is 277 g/mol. The van der Waals surface area contributed by atoms with E-state index in [2.05, 4.69) is 46.9 Å². The van der Waals surface area contributed by atoms with Gasteiger partial charge in [0.05, 0.1) is 11.9 Å². The molecule has 4 atom stereocenters. The summed E-state index contributed by atoms with van der Waals surface area (Å²) in [7, 11) is 1.79. The smallest absolute Gasteiger partial charge is 0.0963 e. The van der Waals surface area contributed by atoms with Gasteiger partial charge in [-0.25, -0.2) is 4.39 Å². The second-order valence-corrected chi connectivity index (χ2v) is 8.14. The molecule has 1 saturated carbocycles. The molecule has 1 N–H and O–H groups in total. The summed E-state index contributed by atoms with van der Waals surface area (Å²) in [5.41, 5.74) is 0.663. The number of nitrogens with one attached hydrogen (secondary N) is 1. The van der Waals surface area contributed by atoms with Gasteiger partial charge in [0, 0.05) is 18.6 Å². The SMILES string of the molecule is CO[C@@H]1CC(CNC(C)C)C(C)(C)[C@@](C)(/C(C)=C(/C)F)C1C. The van der Waals surface area contributed by atoms with Crippen molar-refractivity contribution in [2.45, 2.75) is 74.0 Å². The van der Waals surface area contributed by atoms with E-state index in [1.165, 1.54) is 0 Å². The van der Waals surface area contributed by atoms with Crippen LogP contribution in [-0.4, -0.2) is 25.8 Å². The molecule has 0 aliphatic heterocycles. The highest BCUT2D eigenvalue weighted by atomic mass is 19.1. The summed E-state index contributed by atoms with van der Waals surface area (Å²) >= 11 is 0. The first kappa shape index (κ1) is 19.6. The molecule has 1 aliphatic rings. The molecule has 0 bridgehead atoms. The third-order valence-corrected chi connectivity index (χ3v) is 6.72. The lowest BCUT2D eigenvalue weighted by Crippen LogP contribution is -2.57. The van der Waals surface area contributed by atoms with Gasteiger partial charge in [-0.2, -0.15) is 0 Å². The van der Waals surface area contributed by atoms with Gasteiger partial charge in [-0.05, 0) is 49.6 Å². The zero-order valence-corrected chi connectivity index (χ0v) is 16.0. The third kappa shape index (κ3) is 3.26. The lowest BCUT2D eigenvalue weighted by molar-refractivity contribution is -0.120. The van der Waals surface area contributed by atoms with E-state index < -0.39 is 0 Å². The van der Waals surface area contributed by atoms with E-state index in [1.54, 1.807) is 14.0 Å². The molecular formula is C19H36FNO. The van der Waals surface area contributed by atoms with E-state index in [4.69, 9.17) is 4.74 Å². The molecule has 0 spiro atoms. The van der Waals surface area contributed by atoms with E-state index in [-0.39, 0.29) is 28.7 Å². The molecule has 130 valence electrons. The topological polar surface area (TPSA) is 21.3 Å². The number of halogens is 1. The van der Waals surface area contributed by atoms with Crippen molar-refractivity contribution in [2.24, 2.45) is 22.7 Å². The van der Waals surface area contributed by atoms with E-state index >= 15 is 0 Å². The minimum Gasteiger partial charge on any atom is -0.381 e. The summed E-state index contributed by atoms with van der Waals surface area (Å²) in [5, 5.41) is 3.57. The largest absolute Gasteiger partial charge is 0.381 e. The summed E-state index contributed by atoms with van der Waals surface area (Å²) in [6, 6.07) is 0.460. The molecule has 1 rings (SSSR count). The van der Waals surface area contributed by atoms with Crippen LogP contribution in [-0.2, 0) is 4.74 Å². The first-order chi connectivity index (χ1) is 10.00. The van der Waals surface area contributed by atoms with Crippen LogP contribution in [0.15, 0.2) is 11.4 Å². The summed E-state index contributed by atoms with van der Waals surface area (Å²) in [6.45, 7) is 17.9. The average Bonchev–Trinajstić information content (AvgIpc) is 2.43. The predicted octanol–water partition coefficient (Wildman–Crippen LogP) is 4.95. The fraction of sp³-hybridized carbons (Fsp3) is 0.895. The van der Waals surface area contributed by atoms with Crippen LogP contribution in [0.25, 0.3) is 0 Å². The van der Waals surface area contributed by atoms with E-state index in [9.17, 15) is 4.39 Å². The second kappa shape index (κ2) is 7.00. The second-order valence-electron chi connectivity index (χ2n) is 8.14. The normalized spacial score (nSPS) is 36.4. The molecule has 0 aromatic rings. The Balaban J connectivity index is 3.28. The Kier molecular flexibility index (Phi) is 6.25. The van der Waals surface area contributed by atoms with E-state index in [0.717, 1.165) is 18.5 Å². The Bertz CT molecular complexity index is 412. The predicted molar refractivity (Wildman–Crippen MR) is 92.6 cm³/mol. The summed E-state index contributed by atoms with van der Waals surface area (Å²) in [4.78, 5) is 0. The molecule has 0 heterocycles. The van der Waals surface area contributed by atoms with Gasteiger partial charge in [-0.15, -0.1) is 0 Å². The molecule has 0 saturated heterocycles. The van der Waals surface area contributed by atoms with Gasteiger partial charge in [-0.1, -0.05) is 41.5 Å². The summed E-state index contributed by atoms with van der Waals surface area (Å²) < 4.78 is 19.9. The van der Waals surface area contributed by atoms with Gasteiger partial charge in [0.1, 0.15) is 0 Å². The zero-order valence-electron chi connectivity index (χ0n) is 16.0. The maximum Gasteiger partial charge on any atom is 0.0963 e. The third-order valence-electron chi connectivity index (χ3n) is 6.72. The first-order valence-corrected chi connectivity index (χ1v) is 8.59. The van der Waals surface area contributed by atoms with Crippen LogP contribution >= 0.6 is 0 Å². The van der Waals surface area contributed by atoms with Gasteiger partial charge < -0.3 is 10.1 Å². The van der Waals surface area contributed by atoms with Crippen molar-refractivity contribution in [3.8, 4) is 0 Å². The van der Waals surface area contributed by atoms with Gasteiger partial charge in [-0.3, -0.25) is 0 Å². The number of hydrogen-bond donors (Lipinski definition) is 1. The number of ether oxygens (including phenoxy) is 1. The molecule has 2 nitrogen and oxygen atoms in total. The number of hydrogen-bond acceptors (Lipinski definition) is 2. The minimum atomic E-state index is -0.214. The lowest BCUT2D eigenvalue weighted by atomic mass is 9.47. The first-order valence-electron chi connectivity index (χ1n) is 8.59. The molecule has 0 radical (unpaired) electrons. The van der Waals surface area contributed by atoms with Crippen LogP contribution in [0.4, 0.5) is 4.39 Å². The highest BCUT2D eigenvalue weighted by molar-refractivity contribution is 5.23. The maximum atomic E-state index is 14.1. The van der Waals surface area contributed by atoms with Crippen LogP contribution in [0.3, 0.4) is 0 Å². The number of allylic oxidation sites excluding steroid dienone is 2. The number of methoxy groups -OCH3 is 1. The van der Waals surface area contributed by atoms with Crippen LogP contribution in [0.5, 0.6) is 0 Å². The fourth-order valence-electron chi connectivity index (χ4n) is 4.36. The van der Waals surface area contributed by atoms with Crippen molar-refractivity contribution in [2.75, 3.05) is 13.7 Å². The standard InChI is InChI=1S/C19H36FNO/c1-12(2)21-11-16-10-17(22-9)14(4)19(8,18(16,6)7)13(3)15(5)20/h12,14,16-17,21H,10-11H2,1-9H3/b15-13-/t14?,16?,17-,19+/m1/s1. The van der Waals surface area contributed by atoms with E-state index in [1.807, 2.05) is 6.92 Å². The van der Waals surface area contributed by atoms with Crippen molar-refractivity contribution in [3.05, 3.63) is 11.4 Å². The fourth-order valence-corrected chi connectivity index (χ4v) is 4.36. The van der Waals surface area contributed by atoms with Gasteiger partial charge in [0.2, 0.25) is 0 Å². The van der Waals surface area contributed by atoms with Crippen LogP contribution in [0.2, 0.25) is 0 Å². The highest BCUT2D eigenvalue weighted by Crippen LogP contribution is 2.60. The van der Waals surface area contributed by atoms with Crippen molar-refractivity contribution >= 4 is 0 Å². The average molecular weight is 314 g/mol. The van der Waals surface area contributed by atoms with E-state index in [0.29, 0.717) is 12.0 Å². The van der Waals surface area contributed by atoms with Gasteiger partial charge in [0.25, 0.3) is 0 Å². The van der Waals surface area contributed by atoms with Gasteiger partial charge >= 0.3 is 0 Å². The maximum absolute atomic E-state index is 14.1. The molecule has 3 heteroatoms. The summed E-state index contributed by atoms with van der Waals surface area (Å²) in [5.74, 6) is 0.693. The van der Waals surface area contributed by atoms with Gasteiger partial charge in [0.15, 0.2) is 0 Å². The molecule has 0 amide bonds. The Morgan fingerprint density at radius 1 is 1.27 bits per heavy atom. The Hall–Kier alpha value is -0.410. The quantitative estimate of drug-likeness (QED) is 0.775. The van der Waals surface area contributed by atoms with Crippen molar-refractivity contribution in [1.82, 2.24) is 5.32 Å². The molecule has 0 aromatic carbocycles. The molecule has 0 aromatic heterocycles. The Morgan fingerprint density at radius 3 is 2.23 bits per heavy atom. The number of rotatable bonds is 5. The summed E-state index contributed by atoms with van der Waals surface area (Å²) in [6.07, 6.45) is 1.20. The molecule has 1 fully saturated rings. The Labute approximate surface area is 136 Å². The Morgan fingerprint density at radius 2 is 1.82 bits per heavy atom. The van der Waals surface area contributed by atoms with Crippen molar-refractivity contribution in [3.63, 3.8) is 0 Å². The molecule has 1 aliphatic carbocycles. The van der Waals surface area contributed by atoms with Crippen LogP contribution < -0.4 is 5.32 Å². The molecule has 2 unspecified atom stereocenters. The van der Waals surface area contributed by atoms with Crippen molar-refractivity contribution in [1.29, 1.82) is 0 Å². The monoisotopic (exact) mass is 313 g/mol. The van der Waals surface area contributed by atoms with Crippen LogP contribution in [0, 0.1) is 22.7 Å². The molecule has 22 heavy (non-hydrogen) atoms. The minimum absolute atomic E-state index is 0.000764. The van der Waals surface area contributed by atoms with Crippen molar-refractivity contribution < 1.29 is 9.13 Å². The highest BCUT2D eigenvalue weighted by Gasteiger charge is 2.56. The van der Waals surface area contributed by atoms with Crippen LogP contribution in [0.1, 0.15) is 61.8 Å². The zero-order chi connectivity index (χ0) is 17.3. The lowest BCUT2D eigenvalue weighted by Gasteiger charge is -2.59.